The molecule has 6 rings (SSSR count). The van der Waals surface area contributed by atoms with Crippen LogP contribution in [0, 0.1) is 0 Å². The van der Waals surface area contributed by atoms with Gasteiger partial charge in [0, 0.05) is 28.5 Å². The predicted octanol–water partition coefficient (Wildman–Crippen LogP) is 7.98. The summed E-state index contributed by atoms with van der Waals surface area (Å²) in [6.07, 6.45) is 4.56. The van der Waals surface area contributed by atoms with Gasteiger partial charge in [0.1, 0.15) is 11.6 Å². The summed E-state index contributed by atoms with van der Waals surface area (Å²) in [5.74, 6) is -0.271. The summed E-state index contributed by atoms with van der Waals surface area (Å²) in [5.41, 5.74) is 3.85. The Balaban J connectivity index is 0.000000182. The van der Waals surface area contributed by atoms with Crippen LogP contribution < -0.4 is 0 Å². The van der Waals surface area contributed by atoms with Gasteiger partial charge in [-0.2, -0.15) is 0 Å². The highest BCUT2D eigenvalue weighted by atomic mass is 35.5. The smallest absolute Gasteiger partial charge is 0.195 e. The second-order valence-electron chi connectivity index (χ2n) is 9.44. The van der Waals surface area contributed by atoms with Crippen molar-refractivity contribution in [3.63, 3.8) is 0 Å². The molecule has 0 saturated carbocycles. The standard InChI is InChI=1S/C22H17ClN2.C14H12O2/c23-21-14-8-7-13-20(21)22(25-16-15-24-17-25,18-9-3-1-4-10-18)19-11-5-2-6-12-19;15-13(11-7-3-1-4-8-11)14(16)12-9-5-2-6-10-12/h1-17H;1-10,13,15H. The third-order valence-electron chi connectivity index (χ3n) is 6.96. The van der Waals surface area contributed by atoms with Crippen LogP contribution in [0.4, 0.5) is 0 Å². The van der Waals surface area contributed by atoms with Gasteiger partial charge in [0.2, 0.25) is 0 Å². The van der Waals surface area contributed by atoms with Crippen molar-refractivity contribution in [2.75, 3.05) is 0 Å². The maximum atomic E-state index is 11.9. The van der Waals surface area contributed by atoms with Gasteiger partial charge < -0.3 is 9.67 Å². The lowest BCUT2D eigenvalue weighted by atomic mass is 9.76. The number of ketones is 1. The molecule has 4 nitrogen and oxygen atoms in total. The van der Waals surface area contributed by atoms with Crippen LogP contribution >= 0.6 is 11.6 Å². The molecule has 0 bridgehead atoms. The SMILES string of the molecule is Clc1ccccc1C(c1ccccc1)(c1ccccc1)n1ccnc1.O=C(c1ccccc1)C(O)c1ccccc1. The highest BCUT2D eigenvalue weighted by molar-refractivity contribution is 6.31. The lowest BCUT2D eigenvalue weighted by Gasteiger charge is -2.37. The number of imidazole rings is 1. The van der Waals surface area contributed by atoms with Crippen LogP contribution in [-0.2, 0) is 5.54 Å². The number of halogens is 1. The van der Waals surface area contributed by atoms with Crippen molar-refractivity contribution in [3.05, 3.63) is 197 Å². The fraction of sp³-hybridized carbons (Fsp3) is 0.0556. The normalized spacial score (nSPS) is 11.7. The number of benzene rings is 5. The van der Waals surface area contributed by atoms with Crippen LogP contribution in [0.5, 0.6) is 0 Å². The Morgan fingerprint density at radius 2 is 1.17 bits per heavy atom. The first-order chi connectivity index (χ1) is 20.1. The molecular formula is C36H29ClN2O2. The Bertz CT molecular complexity index is 1620. The number of Topliss-reactive ketones (excluding diaryl/α,β-unsaturated/α-hetero) is 1. The predicted molar refractivity (Wildman–Crippen MR) is 164 cm³/mol. The van der Waals surface area contributed by atoms with Crippen LogP contribution in [0.3, 0.4) is 0 Å². The summed E-state index contributed by atoms with van der Waals surface area (Å²) in [4.78, 5) is 16.2. The fourth-order valence-electron chi connectivity index (χ4n) is 5.03. The zero-order valence-electron chi connectivity index (χ0n) is 22.3. The average Bonchev–Trinajstić information content (AvgIpc) is 3.59. The number of nitrogens with zero attached hydrogens (tertiary/aromatic N) is 2. The molecule has 1 unspecified atom stereocenters. The number of rotatable bonds is 7. The molecule has 0 amide bonds. The molecule has 1 N–H and O–H groups in total. The molecule has 1 heterocycles. The van der Waals surface area contributed by atoms with Gasteiger partial charge in [-0.05, 0) is 22.8 Å². The Hall–Kier alpha value is -4.77. The van der Waals surface area contributed by atoms with Crippen molar-refractivity contribution in [2.24, 2.45) is 0 Å². The van der Waals surface area contributed by atoms with Crippen molar-refractivity contribution in [2.45, 2.75) is 11.6 Å². The summed E-state index contributed by atoms with van der Waals surface area (Å²) in [6, 6.07) is 46.6. The molecule has 0 aliphatic heterocycles. The Morgan fingerprint density at radius 1 is 0.683 bits per heavy atom. The first-order valence-corrected chi connectivity index (χ1v) is 13.7. The largest absolute Gasteiger partial charge is 0.380 e. The molecule has 0 aliphatic carbocycles. The lowest BCUT2D eigenvalue weighted by Crippen LogP contribution is -2.37. The number of hydrogen-bond donors (Lipinski definition) is 1. The number of aliphatic hydroxyl groups excluding tert-OH is 1. The number of carbonyl (C=O) groups excluding carboxylic acids is 1. The van der Waals surface area contributed by atoms with Crippen LogP contribution in [0.1, 0.15) is 38.7 Å². The van der Waals surface area contributed by atoms with Gasteiger partial charge in [0.25, 0.3) is 0 Å². The molecule has 5 heteroatoms. The van der Waals surface area contributed by atoms with E-state index in [1.807, 2.05) is 55.0 Å². The minimum atomic E-state index is -1.08. The molecule has 0 fully saturated rings. The summed E-state index contributed by atoms with van der Waals surface area (Å²) in [5, 5.41) is 10.6. The summed E-state index contributed by atoms with van der Waals surface area (Å²) in [7, 11) is 0. The molecule has 6 aromatic rings. The van der Waals surface area contributed by atoms with Crippen LogP contribution in [0.2, 0.25) is 5.02 Å². The summed E-state index contributed by atoms with van der Waals surface area (Å²) >= 11 is 6.69. The van der Waals surface area contributed by atoms with E-state index in [1.54, 1.807) is 54.7 Å². The third-order valence-corrected chi connectivity index (χ3v) is 7.29. The first kappa shape index (κ1) is 27.8. The molecule has 41 heavy (non-hydrogen) atoms. The van der Waals surface area contributed by atoms with Gasteiger partial charge in [-0.15, -0.1) is 0 Å². The highest BCUT2D eigenvalue weighted by Gasteiger charge is 2.39. The van der Waals surface area contributed by atoms with Crippen LogP contribution in [-0.4, -0.2) is 20.4 Å². The monoisotopic (exact) mass is 556 g/mol. The van der Waals surface area contributed by atoms with Gasteiger partial charge in [0.05, 0.1) is 6.33 Å². The number of aromatic nitrogens is 2. The zero-order valence-corrected chi connectivity index (χ0v) is 23.0. The number of aliphatic hydroxyl groups is 1. The molecule has 202 valence electrons. The molecule has 1 aromatic heterocycles. The second-order valence-corrected chi connectivity index (χ2v) is 9.84. The van der Waals surface area contributed by atoms with Crippen LogP contribution in [0.15, 0.2) is 164 Å². The van der Waals surface area contributed by atoms with E-state index in [0.29, 0.717) is 11.1 Å². The second kappa shape index (κ2) is 13.1. The van der Waals surface area contributed by atoms with Gasteiger partial charge in [-0.3, -0.25) is 4.79 Å². The van der Waals surface area contributed by atoms with E-state index in [1.165, 1.54) is 0 Å². The average molecular weight is 557 g/mol. The quantitative estimate of drug-likeness (QED) is 0.160. The van der Waals surface area contributed by atoms with E-state index >= 15 is 0 Å². The molecule has 5 aromatic carbocycles. The highest BCUT2D eigenvalue weighted by Crippen LogP contribution is 2.43. The molecule has 0 saturated heterocycles. The summed E-state index contributed by atoms with van der Waals surface area (Å²) < 4.78 is 2.12. The van der Waals surface area contributed by atoms with Crippen LogP contribution in [0.25, 0.3) is 0 Å². The first-order valence-electron chi connectivity index (χ1n) is 13.3. The summed E-state index contributed by atoms with van der Waals surface area (Å²) in [6.45, 7) is 0. The van der Waals surface area contributed by atoms with Crippen molar-refractivity contribution in [1.82, 2.24) is 9.55 Å². The number of carbonyl (C=O) groups is 1. The van der Waals surface area contributed by atoms with E-state index < -0.39 is 11.6 Å². The lowest BCUT2D eigenvalue weighted by molar-refractivity contribution is 0.0747. The molecule has 0 aliphatic rings. The minimum absolute atomic E-state index is 0.271. The van der Waals surface area contributed by atoms with E-state index in [-0.39, 0.29) is 5.78 Å². The van der Waals surface area contributed by atoms with Crippen molar-refractivity contribution in [1.29, 1.82) is 0 Å². The van der Waals surface area contributed by atoms with Gasteiger partial charge in [0.15, 0.2) is 5.78 Å². The molecule has 0 spiro atoms. The zero-order chi connectivity index (χ0) is 28.5. The third kappa shape index (κ3) is 5.90. The van der Waals surface area contributed by atoms with E-state index in [4.69, 9.17) is 11.6 Å². The van der Waals surface area contributed by atoms with Gasteiger partial charge >= 0.3 is 0 Å². The molecule has 0 radical (unpaired) electrons. The Labute approximate surface area is 245 Å². The maximum Gasteiger partial charge on any atom is 0.195 e. The molecular weight excluding hydrogens is 528 g/mol. The Kier molecular flexibility index (Phi) is 8.85. The fourth-order valence-corrected chi connectivity index (χ4v) is 5.31. The van der Waals surface area contributed by atoms with E-state index in [9.17, 15) is 9.90 Å². The Morgan fingerprint density at radius 3 is 1.68 bits per heavy atom. The van der Waals surface area contributed by atoms with E-state index in [0.717, 1.165) is 21.7 Å². The van der Waals surface area contributed by atoms with E-state index in [2.05, 4.69) is 64.1 Å². The molecule has 1 atom stereocenters. The van der Waals surface area contributed by atoms with Crippen molar-refractivity contribution < 1.29 is 9.90 Å². The van der Waals surface area contributed by atoms with Crippen molar-refractivity contribution >= 4 is 17.4 Å². The maximum absolute atomic E-state index is 11.9. The minimum Gasteiger partial charge on any atom is -0.380 e. The van der Waals surface area contributed by atoms with Gasteiger partial charge in [-0.1, -0.05) is 151 Å². The van der Waals surface area contributed by atoms with Crippen molar-refractivity contribution in [3.8, 4) is 0 Å². The topological polar surface area (TPSA) is 55.1 Å². The number of hydrogen-bond acceptors (Lipinski definition) is 3. The van der Waals surface area contributed by atoms with Gasteiger partial charge in [-0.25, -0.2) is 4.98 Å².